The van der Waals surface area contributed by atoms with Crippen LogP contribution in [0.2, 0.25) is 5.02 Å². The van der Waals surface area contributed by atoms with E-state index < -0.39 is 0 Å². The molecule has 3 rings (SSSR count). The molecule has 0 bridgehead atoms. The van der Waals surface area contributed by atoms with E-state index in [0.29, 0.717) is 31.3 Å². The SMILES string of the molecule is Cc1nn(CCNC(=O)Nc2ccc3c(c2)COC3)c(C)c1Cl. The summed E-state index contributed by atoms with van der Waals surface area (Å²) in [6, 6.07) is 5.57. The molecule has 6 nitrogen and oxygen atoms in total. The first-order valence-corrected chi connectivity index (χ1v) is 7.86. The summed E-state index contributed by atoms with van der Waals surface area (Å²) in [6.45, 7) is 6.07. The Morgan fingerprint density at radius 1 is 1.35 bits per heavy atom. The Bertz CT molecular complexity index is 742. The third-order valence-electron chi connectivity index (χ3n) is 3.88. The van der Waals surface area contributed by atoms with Gasteiger partial charge in [0.05, 0.1) is 36.2 Å². The molecule has 0 atom stereocenters. The van der Waals surface area contributed by atoms with Crippen LogP contribution in [0.25, 0.3) is 0 Å². The topological polar surface area (TPSA) is 68.2 Å². The smallest absolute Gasteiger partial charge is 0.319 e. The third-order valence-corrected chi connectivity index (χ3v) is 4.43. The number of hydrogen-bond acceptors (Lipinski definition) is 3. The van der Waals surface area contributed by atoms with Crippen LogP contribution in [0.15, 0.2) is 18.2 Å². The van der Waals surface area contributed by atoms with Crippen LogP contribution in [0.5, 0.6) is 0 Å². The van der Waals surface area contributed by atoms with Gasteiger partial charge in [0.15, 0.2) is 0 Å². The van der Waals surface area contributed by atoms with E-state index in [0.717, 1.165) is 22.6 Å². The number of urea groups is 1. The van der Waals surface area contributed by atoms with Crippen molar-refractivity contribution in [2.75, 3.05) is 11.9 Å². The molecule has 0 saturated heterocycles. The molecule has 0 radical (unpaired) electrons. The number of carbonyl (C=O) groups excluding carboxylic acids is 1. The maximum Gasteiger partial charge on any atom is 0.319 e. The molecule has 1 aliphatic heterocycles. The van der Waals surface area contributed by atoms with Crippen LogP contribution in [-0.2, 0) is 24.5 Å². The molecular formula is C16H19ClN4O2. The fourth-order valence-corrected chi connectivity index (χ4v) is 2.73. The van der Waals surface area contributed by atoms with Gasteiger partial charge in [-0.25, -0.2) is 4.79 Å². The summed E-state index contributed by atoms with van der Waals surface area (Å²) in [4.78, 5) is 12.0. The van der Waals surface area contributed by atoms with Gasteiger partial charge < -0.3 is 15.4 Å². The molecule has 0 spiro atoms. The average Bonchev–Trinajstić information content (AvgIpc) is 3.08. The zero-order valence-corrected chi connectivity index (χ0v) is 13.9. The molecule has 7 heteroatoms. The lowest BCUT2D eigenvalue weighted by Crippen LogP contribution is -2.31. The predicted octanol–water partition coefficient (Wildman–Crippen LogP) is 3.01. The molecule has 2 heterocycles. The highest BCUT2D eigenvalue weighted by atomic mass is 35.5. The van der Waals surface area contributed by atoms with Crippen LogP contribution in [0.3, 0.4) is 0 Å². The Labute approximate surface area is 139 Å². The molecule has 122 valence electrons. The molecule has 1 aromatic heterocycles. The summed E-state index contributed by atoms with van der Waals surface area (Å²) in [5.74, 6) is 0. The summed E-state index contributed by atoms with van der Waals surface area (Å²) < 4.78 is 7.16. The van der Waals surface area contributed by atoms with Crippen LogP contribution in [0, 0.1) is 13.8 Å². The summed E-state index contributed by atoms with van der Waals surface area (Å²) >= 11 is 6.10. The second-order valence-corrected chi connectivity index (χ2v) is 5.94. The van der Waals surface area contributed by atoms with E-state index in [1.54, 1.807) is 4.68 Å². The Hall–Kier alpha value is -2.05. The number of benzene rings is 1. The molecule has 0 saturated carbocycles. The Kier molecular flexibility index (Phi) is 4.54. The molecule has 0 unspecified atom stereocenters. The number of aryl methyl sites for hydroxylation is 1. The number of anilines is 1. The second kappa shape index (κ2) is 6.60. The molecule has 2 N–H and O–H groups in total. The number of aromatic nitrogens is 2. The van der Waals surface area contributed by atoms with Gasteiger partial charge in [-0.05, 0) is 37.1 Å². The van der Waals surface area contributed by atoms with E-state index in [1.165, 1.54) is 5.56 Å². The number of nitrogens with zero attached hydrogens (tertiary/aromatic N) is 2. The van der Waals surface area contributed by atoms with Crippen LogP contribution in [-0.4, -0.2) is 22.4 Å². The zero-order chi connectivity index (χ0) is 16.4. The van der Waals surface area contributed by atoms with Crippen molar-refractivity contribution >= 4 is 23.3 Å². The predicted molar refractivity (Wildman–Crippen MR) is 88.7 cm³/mol. The Morgan fingerprint density at radius 2 is 2.13 bits per heavy atom. The molecule has 2 aromatic rings. The molecule has 0 aliphatic carbocycles. The van der Waals surface area contributed by atoms with Crippen molar-refractivity contribution in [3.63, 3.8) is 0 Å². The van der Waals surface area contributed by atoms with Crippen LogP contribution >= 0.6 is 11.6 Å². The first-order valence-electron chi connectivity index (χ1n) is 7.48. The monoisotopic (exact) mass is 334 g/mol. The maximum atomic E-state index is 12.0. The van der Waals surface area contributed by atoms with E-state index in [-0.39, 0.29) is 6.03 Å². The minimum absolute atomic E-state index is 0.239. The van der Waals surface area contributed by atoms with Gasteiger partial charge in [-0.15, -0.1) is 0 Å². The highest BCUT2D eigenvalue weighted by molar-refractivity contribution is 6.31. The number of ether oxygens (including phenoxy) is 1. The number of halogens is 1. The summed E-state index contributed by atoms with van der Waals surface area (Å²) in [6.07, 6.45) is 0. The second-order valence-electron chi connectivity index (χ2n) is 5.57. The first-order chi connectivity index (χ1) is 11.0. The number of carbonyl (C=O) groups is 1. The normalized spacial score (nSPS) is 13.0. The number of amides is 2. The van der Waals surface area contributed by atoms with E-state index >= 15 is 0 Å². The zero-order valence-electron chi connectivity index (χ0n) is 13.1. The van der Waals surface area contributed by atoms with Crippen molar-refractivity contribution in [2.45, 2.75) is 33.6 Å². The van der Waals surface area contributed by atoms with E-state index in [1.807, 2.05) is 32.0 Å². The van der Waals surface area contributed by atoms with Crippen molar-refractivity contribution < 1.29 is 9.53 Å². The van der Waals surface area contributed by atoms with E-state index in [2.05, 4.69) is 15.7 Å². The molecule has 0 fully saturated rings. The molecular weight excluding hydrogens is 316 g/mol. The maximum absolute atomic E-state index is 12.0. The molecule has 1 aliphatic rings. The van der Waals surface area contributed by atoms with Crippen molar-refractivity contribution in [3.8, 4) is 0 Å². The Morgan fingerprint density at radius 3 is 2.87 bits per heavy atom. The van der Waals surface area contributed by atoms with E-state index in [9.17, 15) is 4.79 Å². The molecule has 2 amide bonds. The molecule has 23 heavy (non-hydrogen) atoms. The third kappa shape index (κ3) is 3.48. The van der Waals surface area contributed by atoms with Gasteiger partial charge >= 0.3 is 6.03 Å². The van der Waals surface area contributed by atoms with Gasteiger partial charge in [-0.2, -0.15) is 5.10 Å². The van der Waals surface area contributed by atoms with Gasteiger partial charge in [0.1, 0.15) is 0 Å². The van der Waals surface area contributed by atoms with Crippen molar-refractivity contribution in [3.05, 3.63) is 45.7 Å². The van der Waals surface area contributed by atoms with Gasteiger partial charge in [0.2, 0.25) is 0 Å². The van der Waals surface area contributed by atoms with E-state index in [4.69, 9.17) is 16.3 Å². The fourth-order valence-electron chi connectivity index (χ4n) is 2.59. The lowest BCUT2D eigenvalue weighted by molar-refractivity contribution is 0.134. The first kappa shape index (κ1) is 15.8. The quantitative estimate of drug-likeness (QED) is 0.903. The Balaban J connectivity index is 1.51. The minimum Gasteiger partial charge on any atom is -0.372 e. The number of hydrogen-bond donors (Lipinski definition) is 2. The highest BCUT2D eigenvalue weighted by Crippen LogP contribution is 2.23. The van der Waals surface area contributed by atoms with Crippen LogP contribution in [0.4, 0.5) is 10.5 Å². The highest BCUT2D eigenvalue weighted by Gasteiger charge is 2.12. The largest absolute Gasteiger partial charge is 0.372 e. The number of fused-ring (bicyclic) bond motifs is 1. The summed E-state index contributed by atoms with van der Waals surface area (Å²) in [5.41, 5.74) is 4.78. The van der Waals surface area contributed by atoms with Crippen LogP contribution < -0.4 is 10.6 Å². The summed E-state index contributed by atoms with van der Waals surface area (Å²) in [5, 5.41) is 10.7. The average molecular weight is 335 g/mol. The van der Waals surface area contributed by atoms with Gasteiger partial charge in [-0.1, -0.05) is 17.7 Å². The van der Waals surface area contributed by atoms with Crippen molar-refractivity contribution in [1.29, 1.82) is 0 Å². The van der Waals surface area contributed by atoms with Crippen molar-refractivity contribution in [1.82, 2.24) is 15.1 Å². The fraction of sp³-hybridized carbons (Fsp3) is 0.375. The minimum atomic E-state index is -0.239. The number of rotatable bonds is 4. The number of nitrogens with one attached hydrogen (secondary N) is 2. The standard InChI is InChI=1S/C16H19ClN4O2/c1-10-15(17)11(2)21(20-10)6-5-18-16(22)19-14-4-3-12-8-23-9-13(12)7-14/h3-4,7H,5-6,8-9H2,1-2H3,(H2,18,19,22). The molecule has 1 aromatic carbocycles. The summed E-state index contributed by atoms with van der Waals surface area (Å²) in [7, 11) is 0. The van der Waals surface area contributed by atoms with Gasteiger partial charge in [0, 0.05) is 12.2 Å². The van der Waals surface area contributed by atoms with Gasteiger partial charge in [-0.3, -0.25) is 4.68 Å². The lowest BCUT2D eigenvalue weighted by atomic mass is 10.1. The van der Waals surface area contributed by atoms with Gasteiger partial charge in [0.25, 0.3) is 0 Å². The van der Waals surface area contributed by atoms with Crippen molar-refractivity contribution in [2.24, 2.45) is 0 Å². The van der Waals surface area contributed by atoms with Crippen LogP contribution in [0.1, 0.15) is 22.5 Å². The lowest BCUT2D eigenvalue weighted by Gasteiger charge is -2.09.